The summed E-state index contributed by atoms with van der Waals surface area (Å²) < 4.78 is 10.6. The summed E-state index contributed by atoms with van der Waals surface area (Å²) in [6.07, 6.45) is 2.29. The van der Waals surface area contributed by atoms with Crippen molar-refractivity contribution in [1.82, 2.24) is 4.98 Å². The number of nitrogen functional groups attached to an aromatic ring is 1. The molecule has 5 heteroatoms. The molecule has 1 heterocycles. The molecule has 1 aromatic heterocycles. The van der Waals surface area contributed by atoms with Crippen molar-refractivity contribution in [1.29, 1.82) is 0 Å². The first-order chi connectivity index (χ1) is 10.2. The van der Waals surface area contributed by atoms with E-state index in [1.54, 1.807) is 24.4 Å². The number of hydrogen-bond donors (Lipinski definition) is 1. The van der Waals surface area contributed by atoms with E-state index in [4.69, 9.17) is 15.2 Å². The van der Waals surface area contributed by atoms with Crippen molar-refractivity contribution >= 4 is 11.7 Å². The zero-order chi connectivity index (χ0) is 15.1. The van der Waals surface area contributed by atoms with Gasteiger partial charge in [0, 0.05) is 30.1 Å². The lowest BCUT2D eigenvalue weighted by Crippen LogP contribution is -2.09. The lowest BCUT2D eigenvalue weighted by Gasteiger charge is -2.08. The van der Waals surface area contributed by atoms with Gasteiger partial charge in [-0.3, -0.25) is 4.98 Å². The van der Waals surface area contributed by atoms with E-state index in [1.807, 2.05) is 25.1 Å². The maximum Gasteiger partial charge on any atom is 0.338 e. The Morgan fingerprint density at radius 1 is 1.29 bits per heavy atom. The van der Waals surface area contributed by atoms with Gasteiger partial charge < -0.3 is 15.2 Å². The van der Waals surface area contributed by atoms with Gasteiger partial charge in [0.05, 0.1) is 18.8 Å². The number of pyridine rings is 1. The summed E-state index contributed by atoms with van der Waals surface area (Å²) in [4.78, 5) is 16.2. The zero-order valence-electron chi connectivity index (χ0n) is 11.9. The van der Waals surface area contributed by atoms with Crippen molar-refractivity contribution in [2.45, 2.75) is 13.3 Å². The van der Waals surface area contributed by atoms with Crippen LogP contribution in [0.15, 0.2) is 42.6 Å². The van der Waals surface area contributed by atoms with Crippen molar-refractivity contribution in [2.75, 3.05) is 18.9 Å². The van der Waals surface area contributed by atoms with Crippen LogP contribution in [0.5, 0.6) is 5.75 Å². The van der Waals surface area contributed by atoms with Crippen molar-refractivity contribution < 1.29 is 14.3 Å². The SMILES string of the molecule is CCOc1cc(N)cc(C(=O)OCCc2ccccn2)c1. The molecule has 0 saturated heterocycles. The minimum atomic E-state index is -0.417. The molecule has 0 aliphatic rings. The molecule has 2 aromatic rings. The summed E-state index contributed by atoms with van der Waals surface area (Å²) in [5.74, 6) is 0.147. The first kappa shape index (κ1) is 14.8. The smallest absolute Gasteiger partial charge is 0.338 e. The van der Waals surface area contributed by atoms with Crippen molar-refractivity contribution in [3.63, 3.8) is 0 Å². The second-order valence-electron chi connectivity index (χ2n) is 4.43. The summed E-state index contributed by atoms with van der Waals surface area (Å²) >= 11 is 0. The quantitative estimate of drug-likeness (QED) is 0.652. The molecule has 2 rings (SSSR count). The molecule has 0 amide bonds. The number of rotatable bonds is 6. The first-order valence-electron chi connectivity index (χ1n) is 6.79. The number of nitrogens with two attached hydrogens (primary N) is 1. The van der Waals surface area contributed by atoms with Gasteiger partial charge >= 0.3 is 5.97 Å². The van der Waals surface area contributed by atoms with E-state index in [0.29, 0.717) is 30.0 Å². The van der Waals surface area contributed by atoms with Crippen LogP contribution in [0.1, 0.15) is 23.0 Å². The first-order valence-corrected chi connectivity index (χ1v) is 6.79. The monoisotopic (exact) mass is 286 g/mol. The molecule has 0 bridgehead atoms. The van der Waals surface area contributed by atoms with E-state index in [-0.39, 0.29) is 6.61 Å². The average molecular weight is 286 g/mol. The molecular weight excluding hydrogens is 268 g/mol. The number of ether oxygens (including phenoxy) is 2. The molecule has 2 N–H and O–H groups in total. The topological polar surface area (TPSA) is 74.4 Å². The highest BCUT2D eigenvalue weighted by Crippen LogP contribution is 2.19. The normalized spacial score (nSPS) is 10.1. The van der Waals surface area contributed by atoms with E-state index in [0.717, 1.165) is 5.69 Å². The molecule has 1 aromatic carbocycles. The summed E-state index contributed by atoms with van der Waals surface area (Å²) in [7, 11) is 0. The summed E-state index contributed by atoms with van der Waals surface area (Å²) in [5.41, 5.74) is 7.49. The van der Waals surface area contributed by atoms with Gasteiger partial charge in [-0.15, -0.1) is 0 Å². The zero-order valence-corrected chi connectivity index (χ0v) is 11.9. The third-order valence-corrected chi connectivity index (χ3v) is 2.79. The lowest BCUT2D eigenvalue weighted by atomic mass is 10.2. The highest BCUT2D eigenvalue weighted by atomic mass is 16.5. The molecule has 0 radical (unpaired) electrons. The Kier molecular flexibility index (Phi) is 5.15. The van der Waals surface area contributed by atoms with Crippen LogP contribution in [-0.2, 0) is 11.2 Å². The second kappa shape index (κ2) is 7.28. The number of carbonyl (C=O) groups excluding carboxylic acids is 1. The maximum atomic E-state index is 12.0. The van der Waals surface area contributed by atoms with Gasteiger partial charge in [-0.1, -0.05) is 6.07 Å². The Bertz CT molecular complexity index is 600. The van der Waals surface area contributed by atoms with Crippen molar-refractivity contribution in [3.05, 3.63) is 53.9 Å². The van der Waals surface area contributed by atoms with Gasteiger partial charge in [0.2, 0.25) is 0 Å². The third kappa shape index (κ3) is 4.49. The predicted octanol–water partition coefficient (Wildman–Crippen LogP) is 2.46. The molecule has 21 heavy (non-hydrogen) atoms. The van der Waals surface area contributed by atoms with Crippen LogP contribution >= 0.6 is 0 Å². The van der Waals surface area contributed by atoms with E-state index < -0.39 is 5.97 Å². The number of anilines is 1. The summed E-state index contributed by atoms with van der Waals surface area (Å²) in [6.45, 7) is 2.65. The average Bonchev–Trinajstić information content (AvgIpc) is 2.48. The fourth-order valence-corrected chi connectivity index (χ4v) is 1.87. The summed E-state index contributed by atoms with van der Waals surface area (Å²) in [5, 5.41) is 0. The van der Waals surface area contributed by atoms with Crippen LogP contribution in [0.4, 0.5) is 5.69 Å². The minimum Gasteiger partial charge on any atom is -0.494 e. The summed E-state index contributed by atoms with van der Waals surface area (Å²) in [6, 6.07) is 10.5. The molecule has 0 aliphatic heterocycles. The maximum absolute atomic E-state index is 12.0. The standard InChI is InChI=1S/C16H18N2O3/c1-2-20-15-10-12(9-13(17)11-15)16(19)21-8-6-14-5-3-4-7-18-14/h3-5,7,9-11H,2,6,8,17H2,1H3. The Labute approximate surface area is 123 Å². The number of esters is 1. The number of nitrogens with zero attached hydrogens (tertiary/aromatic N) is 1. The predicted molar refractivity (Wildman–Crippen MR) is 80.2 cm³/mol. The highest BCUT2D eigenvalue weighted by molar-refractivity contribution is 5.91. The van der Waals surface area contributed by atoms with Crippen LogP contribution in [0.25, 0.3) is 0 Å². The largest absolute Gasteiger partial charge is 0.494 e. The van der Waals surface area contributed by atoms with Gasteiger partial charge in [-0.05, 0) is 31.2 Å². The molecule has 0 aliphatic carbocycles. The molecule has 5 nitrogen and oxygen atoms in total. The Hall–Kier alpha value is -2.56. The van der Waals surface area contributed by atoms with Crippen LogP contribution in [0.2, 0.25) is 0 Å². The van der Waals surface area contributed by atoms with Crippen LogP contribution < -0.4 is 10.5 Å². The Morgan fingerprint density at radius 2 is 2.14 bits per heavy atom. The van der Waals surface area contributed by atoms with E-state index >= 15 is 0 Å². The van der Waals surface area contributed by atoms with Gasteiger partial charge in [0.1, 0.15) is 5.75 Å². The molecule has 0 saturated carbocycles. The highest BCUT2D eigenvalue weighted by Gasteiger charge is 2.10. The molecule has 0 atom stereocenters. The fourth-order valence-electron chi connectivity index (χ4n) is 1.87. The van der Waals surface area contributed by atoms with Gasteiger partial charge in [-0.2, -0.15) is 0 Å². The van der Waals surface area contributed by atoms with Crippen molar-refractivity contribution in [2.24, 2.45) is 0 Å². The molecule has 0 fully saturated rings. The third-order valence-electron chi connectivity index (χ3n) is 2.79. The van der Waals surface area contributed by atoms with E-state index in [2.05, 4.69) is 4.98 Å². The van der Waals surface area contributed by atoms with Crippen LogP contribution in [0, 0.1) is 0 Å². The van der Waals surface area contributed by atoms with Gasteiger partial charge in [-0.25, -0.2) is 4.79 Å². The molecule has 0 spiro atoms. The number of benzene rings is 1. The molecular formula is C16H18N2O3. The fraction of sp³-hybridized carbons (Fsp3) is 0.250. The van der Waals surface area contributed by atoms with Crippen LogP contribution in [-0.4, -0.2) is 24.2 Å². The van der Waals surface area contributed by atoms with Crippen LogP contribution in [0.3, 0.4) is 0 Å². The van der Waals surface area contributed by atoms with Gasteiger partial charge in [0.15, 0.2) is 0 Å². The van der Waals surface area contributed by atoms with E-state index in [9.17, 15) is 4.79 Å². The molecule has 110 valence electrons. The Balaban J connectivity index is 1.94. The second-order valence-corrected chi connectivity index (χ2v) is 4.43. The number of hydrogen-bond acceptors (Lipinski definition) is 5. The number of carbonyl (C=O) groups is 1. The lowest BCUT2D eigenvalue weighted by molar-refractivity contribution is 0.0508. The Morgan fingerprint density at radius 3 is 2.86 bits per heavy atom. The minimum absolute atomic E-state index is 0.272. The molecule has 0 unspecified atom stereocenters. The van der Waals surface area contributed by atoms with E-state index in [1.165, 1.54) is 0 Å². The van der Waals surface area contributed by atoms with Gasteiger partial charge in [0.25, 0.3) is 0 Å². The number of aromatic nitrogens is 1. The van der Waals surface area contributed by atoms with Crippen molar-refractivity contribution in [3.8, 4) is 5.75 Å².